The number of amides is 2. The number of hydrogen-bond donors (Lipinski definition) is 1. The maximum absolute atomic E-state index is 13.1. The van der Waals surface area contributed by atoms with E-state index in [2.05, 4.69) is 5.32 Å². The number of fused-ring (bicyclic) bond motifs is 1. The fraction of sp³-hybridized carbons (Fsp3) is 0.375. The second-order valence-electron chi connectivity index (χ2n) is 8.58. The molecule has 1 saturated heterocycles. The van der Waals surface area contributed by atoms with Crippen LogP contribution in [0.25, 0.3) is 0 Å². The molecule has 0 aromatic heterocycles. The molecule has 0 bridgehead atoms. The zero-order valence-electron chi connectivity index (χ0n) is 19.1. The van der Waals surface area contributed by atoms with Gasteiger partial charge in [-0.05, 0) is 51.0 Å². The number of nitrogens with one attached hydrogen (secondary N) is 1. The van der Waals surface area contributed by atoms with Crippen molar-refractivity contribution in [3.8, 4) is 0 Å². The Hall–Kier alpha value is -3.24. The Morgan fingerprint density at radius 3 is 2.56 bits per heavy atom. The van der Waals surface area contributed by atoms with E-state index in [0.717, 1.165) is 9.87 Å². The fourth-order valence-electron chi connectivity index (χ4n) is 4.38. The highest BCUT2D eigenvalue weighted by Gasteiger charge is 2.41. The SMILES string of the molecule is Cc1ccc(S(=O)(=O)N2CCC[C@H]2C(=O)OCC(=O)N2c3ccccc3NC(=O)CC2C)cc1. The van der Waals surface area contributed by atoms with Crippen molar-refractivity contribution in [1.29, 1.82) is 0 Å². The molecule has 1 N–H and O–H groups in total. The van der Waals surface area contributed by atoms with E-state index in [1.807, 2.05) is 6.92 Å². The van der Waals surface area contributed by atoms with Crippen LogP contribution in [0, 0.1) is 6.92 Å². The van der Waals surface area contributed by atoms with Gasteiger partial charge in [0.2, 0.25) is 15.9 Å². The summed E-state index contributed by atoms with van der Waals surface area (Å²) in [5, 5.41) is 2.77. The summed E-state index contributed by atoms with van der Waals surface area (Å²) in [7, 11) is -3.88. The Morgan fingerprint density at radius 1 is 1.12 bits per heavy atom. The second kappa shape index (κ2) is 9.55. The van der Waals surface area contributed by atoms with Gasteiger partial charge in [0.25, 0.3) is 5.91 Å². The van der Waals surface area contributed by atoms with Crippen molar-refractivity contribution < 1.29 is 27.5 Å². The minimum Gasteiger partial charge on any atom is -0.454 e. The zero-order valence-corrected chi connectivity index (χ0v) is 19.9. The molecular formula is C24H27N3O6S. The standard InChI is InChI=1S/C24H27N3O6S/c1-16-9-11-18(12-10-16)34(31,32)26-13-5-8-21(26)24(30)33-15-23(29)27-17(2)14-22(28)25-19-6-3-4-7-20(19)27/h3-4,6-7,9-12,17,21H,5,8,13-15H2,1-2H3,(H,25,28)/t17?,21-/m0/s1. The van der Waals surface area contributed by atoms with Gasteiger partial charge in [-0.2, -0.15) is 4.31 Å². The average molecular weight is 486 g/mol. The molecule has 2 aliphatic heterocycles. The number of ether oxygens (including phenoxy) is 1. The quantitative estimate of drug-likeness (QED) is 0.651. The molecule has 2 heterocycles. The highest BCUT2D eigenvalue weighted by molar-refractivity contribution is 7.89. The number of anilines is 2. The summed E-state index contributed by atoms with van der Waals surface area (Å²) in [4.78, 5) is 39.6. The normalized spacial score (nSPS) is 20.9. The van der Waals surface area contributed by atoms with Crippen molar-refractivity contribution in [3.05, 3.63) is 54.1 Å². The number of esters is 1. The first-order chi connectivity index (χ1) is 16.2. The number of carbonyl (C=O) groups is 3. The van der Waals surface area contributed by atoms with Gasteiger partial charge in [-0.15, -0.1) is 0 Å². The van der Waals surface area contributed by atoms with Crippen LogP contribution >= 0.6 is 0 Å². The van der Waals surface area contributed by atoms with E-state index >= 15 is 0 Å². The van der Waals surface area contributed by atoms with Gasteiger partial charge in [0, 0.05) is 19.0 Å². The van der Waals surface area contributed by atoms with Crippen molar-refractivity contribution in [2.45, 2.75) is 50.1 Å². The Bertz CT molecular complexity index is 1210. The first-order valence-electron chi connectivity index (χ1n) is 11.1. The van der Waals surface area contributed by atoms with Crippen LogP contribution in [0.2, 0.25) is 0 Å². The average Bonchev–Trinajstić information content (AvgIpc) is 3.25. The number of hydrogen-bond acceptors (Lipinski definition) is 6. The maximum atomic E-state index is 13.1. The number of sulfonamides is 1. The Labute approximate surface area is 198 Å². The smallest absolute Gasteiger partial charge is 0.324 e. The largest absolute Gasteiger partial charge is 0.454 e. The number of nitrogens with zero attached hydrogens (tertiary/aromatic N) is 2. The van der Waals surface area contributed by atoms with Gasteiger partial charge in [-0.3, -0.25) is 14.4 Å². The van der Waals surface area contributed by atoms with Crippen molar-refractivity contribution in [1.82, 2.24) is 4.31 Å². The van der Waals surface area contributed by atoms with Gasteiger partial charge < -0.3 is 15.0 Å². The maximum Gasteiger partial charge on any atom is 0.324 e. The predicted molar refractivity (Wildman–Crippen MR) is 126 cm³/mol. The predicted octanol–water partition coefficient (Wildman–Crippen LogP) is 2.46. The summed E-state index contributed by atoms with van der Waals surface area (Å²) >= 11 is 0. The molecule has 0 radical (unpaired) electrons. The van der Waals surface area contributed by atoms with Crippen LogP contribution in [0.15, 0.2) is 53.4 Å². The lowest BCUT2D eigenvalue weighted by Gasteiger charge is -2.28. The molecule has 34 heavy (non-hydrogen) atoms. The number of aryl methyl sites for hydroxylation is 1. The molecule has 2 aromatic rings. The first-order valence-corrected chi connectivity index (χ1v) is 12.6. The van der Waals surface area contributed by atoms with Crippen LogP contribution in [0.5, 0.6) is 0 Å². The molecule has 2 aliphatic rings. The van der Waals surface area contributed by atoms with Gasteiger partial charge in [0.1, 0.15) is 6.04 Å². The summed E-state index contributed by atoms with van der Waals surface area (Å²) < 4.78 is 32.7. The number of carbonyl (C=O) groups excluding carboxylic acids is 3. The molecule has 2 aromatic carbocycles. The van der Waals surface area contributed by atoms with Gasteiger partial charge in [-0.1, -0.05) is 29.8 Å². The minimum absolute atomic E-state index is 0.0968. The third-order valence-corrected chi connectivity index (χ3v) is 7.99. The van der Waals surface area contributed by atoms with Crippen molar-refractivity contribution >= 4 is 39.2 Å². The molecule has 10 heteroatoms. The number of rotatable bonds is 5. The van der Waals surface area contributed by atoms with Crippen molar-refractivity contribution in [2.75, 3.05) is 23.4 Å². The highest BCUT2D eigenvalue weighted by atomic mass is 32.2. The Balaban J connectivity index is 1.47. The summed E-state index contributed by atoms with van der Waals surface area (Å²) in [5.74, 6) is -1.46. The van der Waals surface area contributed by atoms with Crippen LogP contribution in [0.4, 0.5) is 11.4 Å². The molecule has 1 unspecified atom stereocenters. The van der Waals surface area contributed by atoms with E-state index in [-0.39, 0.29) is 23.8 Å². The number of benzene rings is 2. The number of para-hydroxylation sites is 2. The monoisotopic (exact) mass is 485 g/mol. The second-order valence-corrected chi connectivity index (χ2v) is 10.5. The molecule has 4 rings (SSSR count). The van der Waals surface area contributed by atoms with E-state index in [1.165, 1.54) is 17.0 Å². The summed E-state index contributed by atoms with van der Waals surface area (Å²) in [6, 6.07) is 11.9. The van der Waals surface area contributed by atoms with Crippen LogP contribution in [0.3, 0.4) is 0 Å². The van der Waals surface area contributed by atoms with Crippen LogP contribution in [0.1, 0.15) is 31.7 Å². The zero-order chi connectivity index (χ0) is 24.5. The van der Waals surface area contributed by atoms with E-state index in [4.69, 9.17) is 4.74 Å². The van der Waals surface area contributed by atoms with Crippen molar-refractivity contribution in [3.63, 3.8) is 0 Å². The lowest BCUT2D eigenvalue weighted by atomic mass is 10.1. The van der Waals surface area contributed by atoms with Gasteiger partial charge in [-0.25, -0.2) is 8.42 Å². The van der Waals surface area contributed by atoms with E-state index in [1.54, 1.807) is 43.3 Å². The molecular weight excluding hydrogens is 458 g/mol. The molecule has 180 valence electrons. The third kappa shape index (κ3) is 4.69. The molecule has 0 saturated carbocycles. The van der Waals surface area contributed by atoms with Gasteiger partial charge >= 0.3 is 5.97 Å². The van der Waals surface area contributed by atoms with E-state index in [0.29, 0.717) is 24.2 Å². The van der Waals surface area contributed by atoms with Gasteiger partial charge in [0.15, 0.2) is 6.61 Å². The Morgan fingerprint density at radius 2 is 1.82 bits per heavy atom. The molecule has 1 fully saturated rings. The fourth-order valence-corrected chi connectivity index (χ4v) is 6.02. The third-order valence-electron chi connectivity index (χ3n) is 6.07. The highest BCUT2D eigenvalue weighted by Crippen LogP contribution is 2.32. The molecule has 2 amide bonds. The van der Waals surface area contributed by atoms with Crippen LogP contribution < -0.4 is 10.2 Å². The first kappa shape index (κ1) is 23.9. The van der Waals surface area contributed by atoms with Crippen LogP contribution in [-0.2, 0) is 29.1 Å². The summed E-state index contributed by atoms with van der Waals surface area (Å²) in [6.07, 6.45) is 0.933. The molecule has 2 atom stereocenters. The summed E-state index contributed by atoms with van der Waals surface area (Å²) in [6.45, 7) is 3.25. The lowest BCUT2D eigenvalue weighted by molar-refractivity contribution is -0.151. The Kier molecular flexibility index (Phi) is 6.72. The molecule has 9 nitrogen and oxygen atoms in total. The van der Waals surface area contributed by atoms with Crippen LogP contribution in [-0.4, -0.2) is 55.7 Å². The van der Waals surface area contributed by atoms with Gasteiger partial charge in [0.05, 0.1) is 16.3 Å². The molecule has 0 spiro atoms. The lowest BCUT2D eigenvalue weighted by Crippen LogP contribution is -2.44. The van der Waals surface area contributed by atoms with E-state index in [9.17, 15) is 22.8 Å². The topological polar surface area (TPSA) is 113 Å². The molecule has 0 aliphatic carbocycles. The van der Waals surface area contributed by atoms with E-state index < -0.39 is 40.6 Å². The minimum atomic E-state index is -3.88. The summed E-state index contributed by atoms with van der Waals surface area (Å²) in [5.41, 5.74) is 1.95. The van der Waals surface area contributed by atoms with Crippen molar-refractivity contribution in [2.24, 2.45) is 0 Å².